The first kappa shape index (κ1) is 17.7. The molecule has 128 valence electrons. The Morgan fingerprint density at radius 3 is 2.50 bits per heavy atom. The summed E-state index contributed by atoms with van der Waals surface area (Å²) in [6.07, 6.45) is 1.06. The monoisotopic (exact) mass is 351 g/mol. The largest absolute Gasteiger partial charge is 0.331 e. The summed E-state index contributed by atoms with van der Waals surface area (Å²) in [6, 6.07) is 11.5. The lowest BCUT2D eigenvalue weighted by molar-refractivity contribution is 0.249. The number of carbonyl (C=O) groups excluding carboxylic acids is 1. The number of hydrogen-bond acceptors (Lipinski definition) is 3. The number of sulfonamides is 1. The second kappa shape index (κ2) is 7.31. The molecule has 6 nitrogen and oxygen atoms in total. The van der Waals surface area contributed by atoms with E-state index in [9.17, 15) is 17.6 Å². The molecule has 0 fully saturated rings. The van der Waals surface area contributed by atoms with Crippen LogP contribution in [0.1, 0.15) is 18.5 Å². The van der Waals surface area contributed by atoms with Crippen molar-refractivity contribution in [3.8, 4) is 0 Å². The zero-order chi connectivity index (χ0) is 17.7. The summed E-state index contributed by atoms with van der Waals surface area (Å²) in [7, 11) is -3.38. The number of benzene rings is 2. The van der Waals surface area contributed by atoms with Crippen molar-refractivity contribution in [3.05, 3.63) is 59.9 Å². The summed E-state index contributed by atoms with van der Waals surface area (Å²) in [6.45, 7) is 1.74. The van der Waals surface area contributed by atoms with Crippen LogP contribution in [0.5, 0.6) is 0 Å². The van der Waals surface area contributed by atoms with Gasteiger partial charge in [-0.25, -0.2) is 17.6 Å². The molecule has 3 N–H and O–H groups in total. The lowest BCUT2D eigenvalue weighted by Crippen LogP contribution is -2.31. The maximum Gasteiger partial charge on any atom is 0.319 e. The van der Waals surface area contributed by atoms with Crippen LogP contribution in [0.15, 0.2) is 48.5 Å². The lowest BCUT2D eigenvalue weighted by atomic mass is 10.1. The Kier molecular flexibility index (Phi) is 5.40. The molecule has 2 aromatic rings. The van der Waals surface area contributed by atoms with Crippen molar-refractivity contribution in [2.75, 3.05) is 16.3 Å². The van der Waals surface area contributed by atoms with Gasteiger partial charge < -0.3 is 10.6 Å². The maximum absolute atomic E-state index is 13.5. The van der Waals surface area contributed by atoms with Crippen LogP contribution < -0.4 is 15.4 Å². The van der Waals surface area contributed by atoms with Crippen molar-refractivity contribution in [2.45, 2.75) is 13.0 Å². The van der Waals surface area contributed by atoms with E-state index in [0.717, 1.165) is 6.26 Å². The molecule has 0 aliphatic heterocycles. The molecule has 2 aromatic carbocycles. The molecule has 1 atom stereocenters. The minimum Gasteiger partial charge on any atom is -0.331 e. The third kappa shape index (κ3) is 5.24. The molecule has 0 unspecified atom stereocenters. The van der Waals surface area contributed by atoms with Gasteiger partial charge in [0.05, 0.1) is 18.0 Å². The summed E-state index contributed by atoms with van der Waals surface area (Å²) < 4.78 is 38.4. The fraction of sp³-hybridized carbons (Fsp3) is 0.188. The van der Waals surface area contributed by atoms with Crippen LogP contribution >= 0.6 is 0 Å². The molecule has 0 saturated heterocycles. The average molecular weight is 351 g/mol. The van der Waals surface area contributed by atoms with Crippen molar-refractivity contribution < 1.29 is 17.6 Å². The van der Waals surface area contributed by atoms with Crippen LogP contribution in [0.2, 0.25) is 0 Å². The molecule has 8 heteroatoms. The van der Waals surface area contributed by atoms with Crippen molar-refractivity contribution >= 4 is 27.4 Å². The van der Waals surface area contributed by atoms with Gasteiger partial charge in [0, 0.05) is 5.69 Å². The van der Waals surface area contributed by atoms with E-state index in [0.29, 0.717) is 11.3 Å². The van der Waals surface area contributed by atoms with E-state index in [1.165, 1.54) is 18.2 Å². The number of amides is 2. The average Bonchev–Trinajstić information content (AvgIpc) is 2.48. The third-order valence-electron chi connectivity index (χ3n) is 3.16. The summed E-state index contributed by atoms with van der Waals surface area (Å²) in [5.41, 5.74) is 1.18. The second-order valence-corrected chi connectivity index (χ2v) is 7.05. The van der Waals surface area contributed by atoms with Crippen molar-refractivity contribution in [1.29, 1.82) is 0 Å². The van der Waals surface area contributed by atoms with Crippen LogP contribution in [0.3, 0.4) is 0 Å². The highest BCUT2D eigenvalue weighted by Crippen LogP contribution is 2.19. The molecule has 0 saturated carbocycles. The predicted molar refractivity (Wildman–Crippen MR) is 91.9 cm³/mol. The summed E-state index contributed by atoms with van der Waals surface area (Å²) >= 11 is 0. The molecule has 0 spiro atoms. The van der Waals surface area contributed by atoms with Gasteiger partial charge in [-0.2, -0.15) is 0 Å². The van der Waals surface area contributed by atoms with E-state index < -0.39 is 27.9 Å². The minimum atomic E-state index is -3.38. The third-order valence-corrected chi connectivity index (χ3v) is 3.77. The Morgan fingerprint density at radius 2 is 1.83 bits per heavy atom. The molecule has 0 radical (unpaired) electrons. The number of hydrogen-bond donors (Lipinski definition) is 3. The van der Waals surface area contributed by atoms with Gasteiger partial charge in [0.1, 0.15) is 5.82 Å². The SMILES string of the molecule is C[C@H](NC(=O)Nc1ccccc1F)c1cccc(NS(C)(=O)=O)c1. The first-order chi connectivity index (χ1) is 11.2. The zero-order valence-electron chi connectivity index (χ0n) is 13.2. The van der Waals surface area contributed by atoms with E-state index >= 15 is 0 Å². The Balaban J connectivity index is 2.04. The van der Waals surface area contributed by atoms with Gasteiger partial charge in [0.2, 0.25) is 10.0 Å². The molecule has 0 aliphatic rings. The number of halogens is 1. The first-order valence-corrected chi connectivity index (χ1v) is 9.03. The lowest BCUT2D eigenvalue weighted by Gasteiger charge is -2.16. The highest BCUT2D eigenvalue weighted by atomic mass is 32.2. The quantitative estimate of drug-likeness (QED) is 0.773. The summed E-state index contributed by atoms with van der Waals surface area (Å²) in [5, 5.41) is 5.10. The summed E-state index contributed by atoms with van der Waals surface area (Å²) in [5.74, 6) is -0.528. The Labute approximate surface area is 140 Å². The molecule has 24 heavy (non-hydrogen) atoms. The van der Waals surface area contributed by atoms with Crippen LogP contribution in [-0.4, -0.2) is 20.7 Å². The van der Waals surface area contributed by atoms with Crippen LogP contribution in [0.25, 0.3) is 0 Å². The van der Waals surface area contributed by atoms with Gasteiger partial charge in [-0.05, 0) is 36.8 Å². The number of rotatable bonds is 5. The van der Waals surface area contributed by atoms with Crippen molar-refractivity contribution in [3.63, 3.8) is 0 Å². The van der Waals surface area contributed by atoms with Gasteiger partial charge in [-0.1, -0.05) is 24.3 Å². The predicted octanol–water partition coefficient (Wildman–Crippen LogP) is 3.08. The maximum atomic E-state index is 13.5. The van der Waals surface area contributed by atoms with Gasteiger partial charge in [0.25, 0.3) is 0 Å². The molecular formula is C16H18FN3O3S. The molecule has 0 heterocycles. The second-order valence-electron chi connectivity index (χ2n) is 5.30. The Hall–Kier alpha value is -2.61. The van der Waals surface area contributed by atoms with Gasteiger partial charge in [-0.15, -0.1) is 0 Å². The normalized spacial score (nSPS) is 12.3. The smallest absolute Gasteiger partial charge is 0.319 e. The van der Waals surface area contributed by atoms with Crippen molar-refractivity contribution in [2.24, 2.45) is 0 Å². The highest BCUT2D eigenvalue weighted by molar-refractivity contribution is 7.92. The van der Waals surface area contributed by atoms with Gasteiger partial charge >= 0.3 is 6.03 Å². The number of nitrogens with one attached hydrogen (secondary N) is 3. The molecule has 0 aliphatic carbocycles. The molecule has 0 bridgehead atoms. The topological polar surface area (TPSA) is 87.3 Å². The van der Waals surface area contributed by atoms with Crippen molar-refractivity contribution in [1.82, 2.24) is 5.32 Å². The van der Waals surface area contributed by atoms with Gasteiger partial charge in [-0.3, -0.25) is 4.72 Å². The van der Waals surface area contributed by atoms with E-state index in [-0.39, 0.29) is 5.69 Å². The first-order valence-electron chi connectivity index (χ1n) is 7.14. The molecule has 0 aromatic heterocycles. The number of urea groups is 1. The van der Waals surface area contributed by atoms with E-state index in [1.54, 1.807) is 37.3 Å². The van der Waals surface area contributed by atoms with Crippen LogP contribution in [-0.2, 0) is 10.0 Å². The van der Waals surface area contributed by atoms with E-state index in [4.69, 9.17) is 0 Å². The zero-order valence-corrected chi connectivity index (χ0v) is 14.0. The number of anilines is 2. The van der Waals surface area contributed by atoms with E-state index in [2.05, 4.69) is 15.4 Å². The fourth-order valence-electron chi connectivity index (χ4n) is 2.09. The Morgan fingerprint density at radius 1 is 1.12 bits per heavy atom. The molecule has 2 rings (SSSR count). The van der Waals surface area contributed by atoms with Crippen LogP contribution in [0.4, 0.5) is 20.6 Å². The van der Waals surface area contributed by atoms with Crippen LogP contribution in [0, 0.1) is 5.82 Å². The molecule has 2 amide bonds. The summed E-state index contributed by atoms with van der Waals surface area (Å²) in [4.78, 5) is 12.0. The minimum absolute atomic E-state index is 0.0784. The standard InChI is InChI=1S/C16H18FN3O3S/c1-11(12-6-5-7-13(10-12)20-24(2,22)23)18-16(21)19-15-9-4-3-8-14(15)17/h3-11,20H,1-2H3,(H2,18,19,21)/t11-/m0/s1. The number of carbonyl (C=O) groups is 1. The molecular weight excluding hydrogens is 333 g/mol. The van der Waals surface area contributed by atoms with Gasteiger partial charge in [0.15, 0.2) is 0 Å². The number of para-hydroxylation sites is 1. The van der Waals surface area contributed by atoms with E-state index in [1.807, 2.05) is 0 Å². The Bertz CT molecular complexity index is 840. The highest BCUT2D eigenvalue weighted by Gasteiger charge is 2.12. The fourth-order valence-corrected chi connectivity index (χ4v) is 2.64.